The molecule has 1 aromatic heterocycles. The number of ether oxygens (including phenoxy) is 1. The van der Waals surface area contributed by atoms with Crippen molar-refractivity contribution in [2.45, 2.75) is 32.4 Å². The number of aromatic nitrogens is 3. The van der Waals surface area contributed by atoms with Crippen LogP contribution in [-0.4, -0.2) is 14.8 Å². The van der Waals surface area contributed by atoms with E-state index in [1.54, 1.807) is 0 Å². The molecule has 5 heteroatoms. The van der Waals surface area contributed by atoms with Gasteiger partial charge in [-0.05, 0) is 31.9 Å². The van der Waals surface area contributed by atoms with Crippen LogP contribution in [0.5, 0.6) is 5.75 Å². The Kier molecular flexibility index (Phi) is 2.66. The first-order valence-electron chi connectivity index (χ1n) is 6.13. The van der Waals surface area contributed by atoms with Crippen LogP contribution in [0.15, 0.2) is 24.3 Å². The molecule has 1 saturated carbocycles. The van der Waals surface area contributed by atoms with Crippen LogP contribution in [0, 0.1) is 6.92 Å². The van der Waals surface area contributed by atoms with E-state index in [0.717, 1.165) is 17.4 Å². The number of aryl methyl sites for hydroxylation is 1. The van der Waals surface area contributed by atoms with Gasteiger partial charge in [-0.1, -0.05) is 6.07 Å². The zero-order chi connectivity index (χ0) is 12.5. The molecule has 0 saturated heterocycles. The highest BCUT2D eigenvalue weighted by Gasteiger charge is 2.28. The average Bonchev–Trinajstić information content (AvgIpc) is 3.11. The number of nitrogens with zero attached hydrogens (tertiary/aromatic N) is 3. The molecule has 0 spiro atoms. The molecular weight excluding hydrogens is 228 g/mol. The lowest BCUT2D eigenvalue weighted by Crippen LogP contribution is -2.07. The zero-order valence-electron chi connectivity index (χ0n) is 10.3. The molecule has 94 valence electrons. The Morgan fingerprint density at radius 2 is 2.22 bits per heavy atom. The molecule has 2 N–H and O–H groups in total. The molecule has 0 aliphatic heterocycles. The largest absolute Gasteiger partial charge is 0.486 e. The van der Waals surface area contributed by atoms with Gasteiger partial charge in [-0.15, -0.1) is 10.2 Å². The summed E-state index contributed by atoms with van der Waals surface area (Å²) in [7, 11) is 0. The number of hydrogen-bond acceptors (Lipinski definition) is 4. The lowest BCUT2D eigenvalue weighted by molar-refractivity contribution is 0.288. The van der Waals surface area contributed by atoms with E-state index in [-0.39, 0.29) is 0 Å². The maximum atomic E-state index is 5.71. The third-order valence-electron chi connectivity index (χ3n) is 3.07. The molecule has 0 amide bonds. The molecule has 1 aromatic carbocycles. The fourth-order valence-corrected chi connectivity index (χ4v) is 2.07. The highest BCUT2D eigenvalue weighted by atomic mass is 16.5. The maximum Gasteiger partial charge on any atom is 0.171 e. The van der Waals surface area contributed by atoms with Crippen LogP contribution in [0.4, 0.5) is 5.69 Å². The first-order valence-corrected chi connectivity index (χ1v) is 6.13. The van der Waals surface area contributed by atoms with Gasteiger partial charge in [0.15, 0.2) is 5.82 Å². The monoisotopic (exact) mass is 244 g/mol. The van der Waals surface area contributed by atoms with Crippen LogP contribution in [-0.2, 0) is 6.61 Å². The molecule has 0 atom stereocenters. The van der Waals surface area contributed by atoms with E-state index in [0.29, 0.717) is 18.3 Å². The fourth-order valence-electron chi connectivity index (χ4n) is 2.07. The quantitative estimate of drug-likeness (QED) is 0.836. The second kappa shape index (κ2) is 4.33. The summed E-state index contributed by atoms with van der Waals surface area (Å²) in [5.41, 5.74) is 6.41. The number of anilines is 1. The maximum absolute atomic E-state index is 5.71. The molecular formula is C13H16N4O. The molecule has 0 radical (unpaired) electrons. The SMILES string of the molecule is Cc1nnc(COc2cccc(N)c2)n1C1CC1. The van der Waals surface area contributed by atoms with Crippen LogP contribution in [0.2, 0.25) is 0 Å². The summed E-state index contributed by atoms with van der Waals surface area (Å²) in [6, 6.07) is 7.98. The lowest BCUT2D eigenvalue weighted by atomic mass is 10.3. The summed E-state index contributed by atoms with van der Waals surface area (Å²) >= 11 is 0. The number of rotatable bonds is 4. The summed E-state index contributed by atoms with van der Waals surface area (Å²) < 4.78 is 7.87. The zero-order valence-corrected chi connectivity index (χ0v) is 10.3. The van der Waals surface area contributed by atoms with Gasteiger partial charge < -0.3 is 15.0 Å². The molecule has 1 aliphatic carbocycles. The van der Waals surface area contributed by atoms with Gasteiger partial charge in [0.05, 0.1) is 0 Å². The van der Waals surface area contributed by atoms with Gasteiger partial charge >= 0.3 is 0 Å². The Bertz CT molecular complexity index is 560. The Morgan fingerprint density at radius 3 is 2.94 bits per heavy atom. The normalized spacial score (nSPS) is 14.7. The van der Waals surface area contributed by atoms with Crippen LogP contribution >= 0.6 is 0 Å². The summed E-state index contributed by atoms with van der Waals surface area (Å²) in [5.74, 6) is 2.61. The Labute approximate surface area is 106 Å². The molecule has 0 bridgehead atoms. The predicted octanol–water partition coefficient (Wildman–Crippen LogP) is 2.08. The van der Waals surface area contributed by atoms with E-state index in [2.05, 4.69) is 14.8 Å². The van der Waals surface area contributed by atoms with Gasteiger partial charge in [0.2, 0.25) is 0 Å². The number of benzene rings is 1. The Morgan fingerprint density at radius 1 is 1.39 bits per heavy atom. The van der Waals surface area contributed by atoms with E-state index >= 15 is 0 Å². The number of nitrogen functional groups attached to an aromatic ring is 1. The second-order valence-electron chi connectivity index (χ2n) is 4.63. The third kappa shape index (κ3) is 2.16. The van der Waals surface area contributed by atoms with E-state index in [9.17, 15) is 0 Å². The summed E-state index contributed by atoms with van der Waals surface area (Å²) in [4.78, 5) is 0. The number of nitrogens with two attached hydrogens (primary N) is 1. The fraction of sp³-hybridized carbons (Fsp3) is 0.385. The van der Waals surface area contributed by atoms with Crippen molar-refractivity contribution in [3.63, 3.8) is 0 Å². The van der Waals surface area contributed by atoms with Crippen LogP contribution in [0.25, 0.3) is 0 Å². The van der Waals surface area contributed by atoms with Crippen molar-refractivity contribution in [2.24, 2.45) is 0 Å². The van der Waals surface area contributed by atoms with Gasteiger partial charge in [0.25, 0.3) is 0 Å². The number of hydrogen-bond donors (Lipinski definition) is 1. The van der Waals surface area contributed by atoms with Crippen molar-refractivity contribution >= 4 is 5.69 Å². The minimum Gasteiger partial charge on any atom is -0.486 e. The molecule has 1 aliphatic rings. The van der Waals surface area contributed by atoms with Gasteiger partial charge in [-0.3, -0.25) is 0 Å². The van der Waals surface area contributed by atoms with Gasteiger partial charge in [-0.2, -0.15) is 0 Å². The van der Waals surface area contributed by atoms with Crippen molar-refractivity contribution in [3.8, 4) is 5.75 Å². The molecule has 5 nitrogen and oxygen atoms in total. The first kappa shape index (κ1) is 11.1. The second-order valence-corrected chi connectivity index (χ2v) is 4.63. The molecule has 18 heavy (non-hydrogen) atoms. The third-order valence-corrected chi connectivity index (χ3v) is 3.07. The molecule has 2 aromatic rings. The van der Waals surface area contributed by atoms with Crippen molar-refractivity contribution < 1.29 is 4.74 Å². The minimum absolute atomic E-state index is 0.431. The Hall–Kier alpha value is -2.04. The molecule has 1 heterocycles. The first-order chi connectivity index (χ1) is 8.74. The van der Waals surface area contributed by atoms with Crippen LogP contribution in [0.3, 0.4) is 0 Å². The minimum atomic E-state index is 0.431. The van der Waals surface area contributed by atoms with E-state index in [1.807, 2.05) is 31.2 Å². The van der Waals surface area contributed by atoms with Gasteiger partial charge in [-0.25, -0.2) is 0 Å². The highest BCUT2D eigenvalue weighted by molar-refractivity contribution is 5.43. The average molecular weight is 244 g/mol. The standard InChI is InChI=1S/C13H16N4O/c1-9-15-16-13(17(9)11-5-6-11)8-18-12-4-2-3-10(14)7-12/h2-4,7,11H,5-6,8,14H2,1H3. The van der Waals surface area contributed by atoms with E-state index in [1.165, 1.54) is 12.8 Å². The molecule has 0 unspecified atom stereocenters. The van der Waals surface area contributed by atoms with Crippen LogP contribution < -0.4 is 10.5 Å². The van der Waals surface area contributed by atoms with Gasteiger partial charge in [0.1, 0.15) is 18.2 Å². The Balaban J connectivity index is 1.73. The highest BCUT2D eigenvalue weighted by Crippen LogP contribution is 2.36. The van der Waals surface area contributed by atoms with Crippen LogP contribution in [0.1, 0.15) is 30.5 Å². The summed E-state index contributed by atoms with van der Waals surface area (Å²) in [6.07, 6.45) is 2.42. The van der Waals surface area contributed by atoms with E-state index < -0.39 is 0 Å². The van der Waals surface area contributed by atoms with Gasteiger partial charge in [0, 0.05) is 17.8 Å². The van der Waals surface area contributed by atoms with Crippen molar-refractivity contribution in [1.82, 2.24) is 14.8 Å². The van der Waals surface area contributed by atoms with E-state index in [4.69, 9.17) is 10.5 Å². The summed E-state index contributed by atoms with van der Waals surface area (Å²) in [6.45, 7) is 2.41. The lowest BCUT2D eigenvalue weighted by Gasteiger charge is -2.09. The molecule has 1 fully saturated rings. The summed E-state index contributed by atoms with van der Waals surface area (Å²) in [5, 5.41) is 8.29. The molecule has 3 rings (SSSR count). The smallest absolute Gasteiger partial charge is 0.171 e. The van der Waals surface area contributed by atoms with Crippen molar-refractivity contribution in [1.29, 1.82) is 0 Å². The van der Waals surface area contributed by atoms with Crippen molar-refractivity contribution in [3.05, 3.63) is 35.9 Å². The van der Waals surface area contributed by atoms with Crippen molar-refractivity contribution in [2.75, 3.05) is 5.73 Å². The predicted molar refractivity (Wildman–Crippen MR) is 68.2 cm³/mol. The topological polar surface area (TPSA) is 66.0 Å².